The summed E-state index contributed by atoms with van der Waals surface area (Å²) in [5, 5.41) is 4.11. The van der Waals surface area contributed by atoms with Crippen LogP contribution in [0.1, 0.15) is 39.2 Å². The lowest BCUT2D eigenvalue weighted by Gasteiger charge is -2.40. The first kappa shape index (κ1) is 24.4. The maximum atomic E-state index is 15.1. The molecule has 2 aromatic heterocycles. The molecule has 11 heteroatoms. The highest BCUT2D eigenvalue weighted by molar-refractivity contribution is 7.95. The average Bonchev–Trinajstić information content (AvgIpc) is 3.56. The Morgan fingerprint density at radius 3 is 2.64 bits per heavy atom. The third kappa shape index (κ3) is 4.25. The van der Waals surface area contributed by atoms with E-state index in [4.69, 9.17) is 15.0 Å². The molecule has 0 bridgehead atoms. The standard InChI is InChI=1S/C25H29FN6O3S/c1-24(2)23(27)31-25(3,14-36(24,33)28-4)17-9-16(7-8-18(17)26)21-10-19(32-35-21)20-11-30-22(12-29-20)34-13-15-5-6-15/h7-12,15H,5-6,13-14H2,1-4H3,(H2,27,31)/t25-,36+/m0/s1. The van der Waals surface area contributed by atoms with Crippen molar-refractivity contribution in [1.82, 2.24) is 15.1 Å². The molecular weight excluding hydrogens is 483 g/mol. The summed E-state index contributed by atoms with van der Waals surface area (Å²) in [6.07, 6.45) is 5.53. The lowest BCUT2D eigenvalue weighted by Crippen LogP contribution is -2.54. The second-order valence-corrected chi connectivity index (χ2v) is 13.0. The van der Waals surface area contributed by atoms with Crippen LogP contribution < -0.4 is 10.5 Å². The molecule has 190 valence electrons. The second-order valence-electron chi connectivity index (χ2n) is 10.0. The van der Waals surface area contributed by atoms with Gasteiger partial charge in [-0.2, -0.15) is 0 Å². The third-order valence-corrected chi connectivity index (χ3v) is 10.3. The average molecular weight is 513 g/mol. The zero-order chi connectivity index (χ0) is 25.7. The molecule has 1 saturated carbocycles. The number of nitrogens with zero attached hydrogens (tertiary/aromatic N) is 5. The summed E-state index contributed by atoms with van der Waals surface area (Å²) < 4.78 is 43.2. The van der Waals surface area contributed by atoms with Crippen molar-refractivity contribution in [2.24, 2.45) is 21.0 Å². The van der Waals surface area contributed by atoms with E-state index in [2.05, 4.69) is 24.5 Å². The SMILES string of the molecule is CN=[S@@]1(=O)C[C@@](C)(c2cc(-c3cc(-c4cnc(OCC5CC5)cn4)no3)ccc2F)N=C(N)C1(C)C. The summed E-state index contributed by atoms with van der Waals surface area (Å²) in [7, 11) is -1.30. The molecule has 9 nitrogen and oxygen atoms in total. The van der Waals surface area contributed by atoms with Crippen molar-refractivity contribution >= 4 is 15.6 Å². The molecule has 2 atom stereocenters. The van der Waals surface area contributed by atoms with Gasteiger partial charge in [0.2, 0.25) is 5.88 Å². The van der Waals surface area contributed by atoms with Gasteiger partial charge >= 0.3 is 0 Å². The van der Waals surface area contributed by atoms with E-state index in [0.717, 1.165) is 0 Å². The smallest absolute Gasteiger partial charge is 0.232 e. The number of hydrogen-bond donors (Lipinski definition) is 1. The van der Waals surface area contributed by atoms with Gasteiger partial charge in [0.1, 0.15) is 33.3 Å². The molecule has 1 aliphatic heterocycles. The number of benzene rings is 1. The zero-order valence-corrected chi connectivity index (χ0v) is 21.5. The molecule has 0 unspecified atom stereocenters. The minimum absolute atomic E-state index is 0.0387. The number of ether oxygens (including phenoxy) is 1. The quantitative estimate of drug-likeness (QED) is 0.524. The van der Waals surface area contributed by atoms with E-state index in [1.54, 1.807) is 51.4 Å². The largest absolute Gasteiger partial charge is 0.476 e. The predicted molar refractivity (Wildman–Crippen MR) is 136 cm³/mol. The van der Waals surface area contributed by atoms with Crippen molar-refractivity contribution in [1.29, 1.82) is 0 Å². The first-order valence-electron chi connectivity index (χ1n) is 11.8. The monoisotopic (exact) mass is 512 g/mol. The molecule has 36 heavy (non-hydrogen) atoms. The third-order valence-electron chi connectivity index (χ3n) is 6.95. The number of hydrogen-bond acceptors (Lipinski definition) is 9. The molecule has 1 aliphatic carbocycles. The summed E-state index contributed by atoms with van der Waals surface area (Å²) in [6, 6.07) is 6.26. The topological polar surface area (TPSA) is 129 Å². The molecule has 0 radical (unpaired) electrons. The van der Waals surface area contributed by atoms with E-state index in [1.165, 1.54) is 26.0 Å². The second kappa shape index (κ2) is 8.65. The molecule has 3 heterocycles. The van der Waals surface area contributed by atoms with E-state index in [-0.39, 0.29) is 17.2 Å². The van der Waals surface area contributed by atoms with Gasteiger partial charge in [0.05, 0.1) is 34.5 Å². The van der Waals surface area contributed by atoms with Crippen molar-refractivity contribution in [3.8, 4) is 28.6 Å². The summed E-state index contributed by atoms with van der Waals surface area (Å²) in [5.74, 6) is 1.25. The van der Waals surface area contributed by atoms with E-state index in [0.29, 0.717) is 41.1 Å². The Hall–Kier alpha value is -3.34. The van der Waals surface area contributed by atoms with Gasteiger partial charge in [-0.15, -0.1) is 0 Å². The van der Waals surface area contributed by atoms with Crippen LogP contribution in [-0.2, 0) is 15.3 Å². The van der Waals surface area contributed by atoms with Gasteiger partial charge in [-0.1, -0.05) is 5.16 Å². The Bertz CT molecular complexity index is 1450. The van der Waals surface area contributed by atoms with E-state index >= 15 is 4.39 Å². The van der Waals surface area contributed by atoms with Crippen LogP contribution >= 0.6 is 0 Å². The van der Waals surface area contributed by atoms with Gasteiger partial charge in [-0.05, 0) is 57.7 Å². The van der Waals surface area contributed by atoms with E-state index in [1.807, 2.05) is 0 Å². The highest BCUT2D eigenvalue weighted by Gasteiger charge is 2.47. The van der Waals surface area contributed by atoms with Crippen LogP contribution in [0, 0.1) is 11.7 Å². The van der Waals surface area contributed by atoms with Gasteiger partial charge in [0.15, 0.2) is 5.76 Å². The molecule has 2 aliphatic rings. The zero-order valence-electron chi connectivity index (χ0n) is 20.7. The minimum Gasteiger partial charge on any atom is -0.476 e. The van der Waals surface area contributed by atoms with Crippen LogP contribution in [-0.4, -0.2) is 49.3 Å². The van der Waals surface area contributed by atoms with Gasteiger partial charge in [-0.3, -0.25) is 4.99 Å². The molecule has 3 aromatic rings. The summed E-state index contributed by atoms with van der Waals surface area (Å²) in [6.45, 7) is 5.87. The first-order chi connectivity index (χ1) is 17.0. The fraction of sp³-hybridized carbons (Fsp3) is 0.440. The van der Waals surface area contributed by atoms with Gasteiger partial charge in [-0.25, -0.2) is 22.9 Å². The maximum absolute atomic E-state index is 15.1. The van der Waals surface area contributed by atoms with Crippen molar-refractivity contribution in [3.63, 3.8) is 0 Å². The highest BCUT2D eigenvalue weighted by atomic mass is 32.2. The maximum Gasteiger partial charge on any atom is 0.232 e. The van der Waals surface area contributed by atoms with E-state index < -0.39 is 25.8 Å². The molecule has 0 saturated heterocycles. The number of amidine groups is 1. The van der Waals surface area contributed by atoms with Crippen molar-refractivity contribution in [2.45, 2.75) is 43.9 Å². The number of halogens is 1. The Kier molecular flexibility index (Phi) is 5.85. The number of nitrogens with two attached hydrogens (primary N) is 1. The normalized spacial score (nSPS) is 25.3. The first-order valence-corrected chi connectivity index (χ1v) is 13.4. The minimum atomic E-state index is -2.81. The molecule has 1 aromatic carbocycles. The van der Waals surface area contributed by atoms with Crippen LogP contribution in [0.3, 0.4) is 0 Å². The lowest BCUT2D eigenvalue weighted by molar-refractivity contribution is 0.287. The Balaban J connectivity index is 1.45. The van der Waals surface area contributed by atoms with E-state index in [9.17, 15) is 4.21 Å². The molecular formula is C25H29FN6O3S. The Morgan fingerprint density at radius 2 is 1.97 bits per heavy atom. The molecule has 2 N–H and O–H groups in total. The van der Waals surface area contributed by atoms with Crippen molar-refractivity contribution in [2.75, 3.05) is 19.4 Å². The number of aliphatic imine (C=N–C) groups is 1. The van der Waals surface area contributed by atoms with Crippen molar-refractivity contribution < 1.29 is 17.9 Å². The summed E-state index contributed by atoms with van der Waals surface area (Å²) >= 11 is 0. The molecule has 0 amide bonds. The Labute approximate surface area is 209 Å². The van der Waals surface area contributed by atoms with Crippen LogP contribution in [0.2, 0.25) is 0 Å². The van der Waals surface area contributed by atoms with Crippen LogP contribution in [0.15, 0.2) is 50.5 Å². The number of rotatable bonds is 6. The fourth-order valence-electron chi connectivity index (χ4n) is 4.22. The number of aromatic nitrogens is 3. The highest BCUT2D eigenvalue weighted by Crippen LogP contribution is 2.40. The predicted octanol–water partition coefficient (Wildman–Crippen LogP) is 4.19. The Morgan fingerprint density at radius 1 is 1.19 bits per heavy atom. The summed E-state index contributed by atoms with van der Waals surface area (Å²) in [5.41, 5.74) is 6.91. The molecule has 0 spiro atoms. The van der Waals surface area contributed by atoms with Gasteiger partial charge in [0, 0.05) is 24.2 Å². The fourth-order valence-corrected chi connectivity index (χ4v) is 6.52. The lowest BCUT2D eigenvalue weighted by atomic mass is 9.91. The summed E-state index contributed by atoms with van der Waals surface area (Å²) in [4.78, 5) is 13.3. The molecule has 1 fully saturated rings. The van der Waals surface area contributed by atoms with Crippen molar-refractivity contribution in [3.05, 3.63) is 48.0 Å². The molecule has 5 rings (SSSR count). The van der Waals surface area contributed by atoms with Crippen LogP contribution in [0.4, 0.5) is 4.39 Å². The van der Waals surface area contributed by atoms with Gasteiger partial charge in [0.25, 0.3) is 0 Å². The van der Waals surface area contributed by atoms with Crippen LogP contribution in [0.25, 0.3) is 22.7 Å². The van der Waals surface area contributed by atoms with Gasteiger partial charge < -0.3 is 15.0 Å². The van der Waals surface area contributed by atoms with Crippen LogP contribution in [0.5, 0.6) is 5.88 Å².